The molecule has 2 fully saturated rings. The van der Waals surface area contributed by atoms with E-state index in [2.05, 4.69) is 21.7 Å². The number of carbonyl (C=O) groups excluding carboxylic acids is 1. The summed E-state index contributed by atoms with van der Waals surface area (Å²) in [4.78, 5) is 12.4. The summed E-state index contributed by atoms with van der Waals surface area (Å²) in [6.07, 6.45) is 2.87. The second-order valence-corrected chi connectivity index (χ2v) is 5.78. The summed E-state index contributed by atoms with van der Waals surface area (Å²) < 4.78 is 0. The molecule has 1 aromatic carbocycles. The van der Waals surface area contributed by atoms with E-state index in [-0.39, 0.29) is 17.9 Å². The number of hydrogen-bond acceptors (Lipinski definition) is 4. The van der Waals surface area contributed by atoms with E-state index in [1.807, 2.05) is 37.3 Å². The Balaban J connectivity index is 1.56. The average molecular weight is 274 g/mol. The van der Waals surface area contributed by atoms with Crippen molar-refractivity contribution in [3.63, 3.8) is 0 Å². The Labute approximate surface area is 119 Å². The van der Waals surface area contributed by atoms with Crippen LogP contribution in [0.1, 0.15) is 37.8 Å². The summed E-state index contributed by atoms with van der Waals surface area (Å²) in [7, 11) is 0. The van der Waals surface area contributed by atoms with Crippen LogP contribution in [-0.4, -0.2) is 18.0 Å². The highest BCUT2D eigenvalue weighted by molar-refractivity contribution is 5.79. The van der Waals surface area contributed by atoms with Gasteiger partial charge in [-0.2, -0.15) is 5.53 Å². The lowest BCUT2D eigenvalue weighted by atomic mass is 9.82. The van der Waals surface area contributed by atoms with Crippen LogP contribution in [0.2, 0.25) is 0 Å². The molecule has 1 aliphatic heterocycles. The SMILES string of the molecule is CC(NC(=O)C1CCC2NNNC2C1)c1ccccc1. The van der Waals surface area contributed by atoms with Crippen molar-refractivity contribution in [3.8, 4) is 0 Å². The van der Waals surface area contributed by atoms with Crippen molar-refractivity contribution in [2.45, 2.75) is 44.3 Å². The van der Waals surface area contributed by atoms with Crippen LogP contribution in [0.4, 0.5) is 0 Å². The molecule has 0 radical (unpaired) electrons. The monoisotopic (exact) mass is 274 g/mol. The first-order valence-electron chi connectivity index (χ1n) is 7.35. The van der Waals surface area contributed by atoms with Crippen LogP contribution in [0.15, 0.2) is 30.3 Å². The zero-order valence-electron chi connectivity index (χ0n) is 11.7. The number of hydrazine groups is 2. The zero-order chi connectivity index (χ0) is 13.9. The van der Waals surface area contributed by atoms with Crippen molar-refractivity contribution in [2.75, 3.05) is 0 Å². The van der Waals surface area contributed by atoms with E-state index in [9.17, 15) is 4.79 Å². The minimum atomic E-state index is 0.0641. The first kappa shape index (κ1) is 13.5. The van der Waals surface area contributed by atoms with Crippen LogP contribution in [0, 0.1) is 5.92 Å². The van der Waals surface area contributed by atoms with Crippen LogP contribution in [0.5, 0.6) is 0 Å². The molecule has 1 aliphatic carbocycles. The first-order valence-corrected chi connectivity index (χ1v) is 7.35. The number of amides is 1. The quantitative estimate of drug-likeness (QED) is 0.664. The Morgan fingerprint density at radius 3 is 2.75 bits per heavy atom. The predicted molar refractivity (Wildman–Crippen MR) is 77.3 cm³/mol. The summed E-state index contributed by atoms with van der Waals surface area (Å²) in [6.45, 7) is 2.04. The minimum absolute atomic E-state index is 0.0641. The summed E-state index contributed by atoms with van der Waals surface area (Å²) in [5.74, 6) is 0.283. The van der Waals surface area contributed by atoms with Crippen LogP contribution >= 0.6 is 0 Å². The molecule has 3 rings (SSSR count). The van der Waals surface area contributed by atoms with Gasteiger partial charge in [0.1, 0.15) is 0 Å². The first-order chi connectivity index (χ1) is 9.74. The second kappa shape index (κ2) is 5.91. The van der Waals surface area contributed by atoms with Gasteiger partial charge in [-0.1, -0.05) is 30.3 Å². The molecule has 4 atom stereocenters. The molecule has 1 saturated heterocycles. The molecule has 108 valence electrons. The van der Waals surface area contributed by atoms with Crippen molar-refractivity contribution < 1.29 is 4.79 Å². The molecule has 0 aromatic heterocycles. The van der Waals surface area contributed by atoms with Gasteiger partial charge >= 0.3 is 0 Å². The lowest BCUT2D eigenvalue weighted by molar-refractivity contribution is -0.126. The smallest absolute Gasteiger partial charge is 0.223 e. The minimum Gasteiger partial charge on any atom is -0.349 e. The highest BCUT2D eigenvalue weighted by Gasteiger charge is 2.36. The molecule has 2 aliphatic rings. The molecule has 1 amide bonds. The predicted octanol–water partition coefficient (Wildman–Crippen LogP) is 1.01. The van der Waals surface area contributed by atoms with Crippen molar-refractivity contribution in [2.24, 2.45) is 5.92 Å². The van der Waals surface area contributed by atoms with Crippen molar-refractivity contribution in [1.29, 1.82) is 0 Å². The van der Waals surface area contributed by atoms with Gasteiger partial charge < -0.3 is 5.32 Å². The molecule has 5 heteroatoms. The van der Waals surface area contributed by atoms with Crippen molar-refractivity contribution >= 4 is 5.91 Å². The third-order valence-electron chi connectivity index (χ3n) is 4.39. The lowest BCUT2D eigenvalue weighted by Gasteiger charge is -2.30. The lowest BCUT2D eigenvalue weighted by Crippen LogP contribution is -2.44. The highest BCUT2D eigenvalue weighted by atomic mass is 16.1. The van der Waals surface area contributed by atoms with Crippen molar-refractivity contribution in [1.82, 2.24) is 21.7 Å². The molecule has 5 nitrogen and oxygen atoms in total. The summed E-state index contributed by atoms with van der Waals surface area (Å²) in [5.41, 5.74) is 10.5. The van der Waals surface area contributed by atoms with Gasteiger partial charge in [0, 0.05) is 18.0 Å². The number of benzene rings is 1. The fourth-order valence-electron chi connectivity index (χ4n) is 3.12. The molecule has 0 spiro atoms. The molecule has 1 saturated carbocycles. The summed E-state index contributed by atoms with van der Waals surface area (Å²) in [6, 6.07) is 11.0. The largest absolute Gasteiger partial charge is 0.349 e. The summed E-state index contributed by atoms with van der Waals surface area (Å²) in [5, 5.41) is 3.14. The van der Waals surface area contributed by atoms with Gasteiger partial charge in [0.25, 0.3) is 0 Å². The van der Waals surface area contributed by atoms with Crippen LogP contribution in [-0.2, 0) is 4.79 Å². The van der Waals surface area contributed by atoms with Crippen LogP contribution in [0.25, 0.3) is 0 Å². The van der Waals surface area contributed by atoms with Gasteiger partial charge in [-0.15, -0.1) is 0 Å². The molecular weight excluding hydrogens is 252 g/mol. The van der Waals surface area contributed by atoms with Gasteiger partial charge in [-0.25, -0.2) is 10.9 Å². The fourth-order valence-corrected chi connectivity index (χ4v) is 3.12. The van der Waals surface area contributed by atoms with E-state index in [1.54, 1.807) is 0 Å². The van der Waals surface area contributed by atoms with Gasteiger partial charge in [-0.3, -0.25) is 4.79 Å². The van der Waals surface area contributed by atoms with Crippen LogP contribution < -0.4 is 21.7 Å². The topological polar surface area (TPSA) is 65.2 Å². The number of carbonyl (C=O) groups is 1. The summed E-state index contributed by atoms with van der Waals surface area (Å²) >= 11 is 0. The molecule has 0 bridgehead atoms. The Morgan fingerprint density at radius 1 is 1.20 bits per heavy atom. The van der Waals surface area contributed by atoms with E-state index >= 15 is 0 Å². The highest BCUT2D eigenvalue weighted by Crippen LogP contribution is 2.26. The normalized spacial score (nSPS) is 30.6. The van der Waals surface area contributed by atoms with Crippen LogP contribution in [0.3, 0.4) is 0 Å². The maximum absolute atomic E-state index is 12.4. The van der Waals surface area contributed by atoms with E-state index in [1.165, 1.54) is 0 Å². The Kier molecular flexibility index (Phi) is 4.00. The molecular formula is C15H22N4O. The van der Waals surface area contributed by atoms with Gasteiger partial charge in [0.2, 0.25) is 5.91 Å². The number of fused-ring (bicyclic) bond motifs is 1. The number of hydrogen-bond donors (Lipinski definition) is 4. The van der Waals surface area contributed by atoms with E-state index in [0.29, 0.717) is 12.1 Å². The van der Waals surface area contributed by atoms with E-state index in [4.69, 9.17) is 0 Å². The average Bonchev–Trinajstić information content (AvgIpc) is 2.95. The standard InChI is InChI=1S/C15H22N4O/c1-10(11-5-3-2-4-6-11)16-15(20)12-7-8-13-14(9-12)18-19-17-13/h2-6,10,12-14,17-19H,7-9H2,1H3,(H,16,20). The number of rotatable bonds is 3. The van der Waals surface area contributed by atoms with Gasteiger partial charge in [-0.05, 0) is 31.7 Å². The molecule has 4 unspecified atom stereocenters. The molecule has 1 aromatic rings. The zero-order valence-corrected chi connectivity index (χ0v) is 11.7. The van der Waals surface area contributed by atoms with Crippen molar-refractivity contribution in [3.05, 3.63) is 35.9 Å². The third-order valence-corrected chi connectivity index (χ3v) is 4.39. The Bertz CT molecular complexity index is 464. The van der Waals surface area contributed by atoms with Gasteiger partial charge in [0.15, 0.2) is 0 Å². The molecule has 4 N–H and O–H groups in total. The molecule has 20 heavy (non-hydrogen) atoms. The van der Waals surface area contributed by atoms with E-state index < -0.39 is 0 Å². The third kappa shape index (κ3) is 2.85. The fraction of sp³-hybridized carbons (Fsp3) is 0.533. The van der Waals surface area contributed by atoms with E-state index in [0.717, 1.165) is 24.8 Å². The van der Waals surface area contributed by atoms with Gasteiger partial charge in [0.05, 0.1) is 6.04 Å². The maximum Gasteiger partial charge on any atom is 0.223 e. The Hall–Kier alpha value is -1.43. The maximum atomic E-state index is 12.4. The number of nitrogens with one attached hydrogen (secondary N) is 4. The second-order valence-electron chi connectivity index (χ2n) is 5.78. The Morgan fingerprint density at radius 2 is 1.95 bits per heavy atom. The molecule has 1 heterocycles.